The number of H-pyrrole nitrogens is 1. The third kappa shape index (κ3) is 1.88. The fraction of sp³-hybridized carbons (Fsp3) is 0.0625. The van der Waals surface area contributed by atoms with Gasteiger partial charge in [-0.2, -0.15) is 5.26 Å². The molecule has 4 rings (SSSR count). The quantitative estimate of drug-likeness (QED) is 0.715. The van der Waals surface area contributed by atoms with E-state index in [-0.39, 0.29) is 0 Å². The number of hydrogen-bond acceptors (Lipinski definition) is 4. The lowest BCUT2D eigenvalue weighted by Gasteiger charge is -2.03. The minimum absolute atomic E-state index is 0.762. The van der Waals surface area contributed by atoms with Crippen LogP contribution in [0, 0.1) is 11.3 Å². The van der Waals surface area contributed by atoms with Crippen LogP contribution in [0.1, 0.15) is 10.6 Å². The summed E-state index contributed by atoms with van der Waals surface area (Å²) in [5.41, 5.74) is 5.53. The van der Waals surface area contributed by atoms with Crippen molar-refractivity contribution in [1.29, 1.82) is 5.26 Å². The second-order valence-electron chi connectivity index (χ2n) is 4.72. The predicted octanol–water partition coefficient (Wildman–Crippen LogP) is 4.66. The van der Waals surface area contributed by atoms with Gasteiger partial charge in [-0.3, -0.25) is 4.31 Å². The summed E-state index contributed by atoms with van der Waals surface area (Å²) in [4.78, 5) is 4.26. The molecule has 0 spiro atoms. The molecule has 0 fully saturated rings. The van der Waals surface area contributed by atoms with E-state index in [1.165, 1.54) is 17.0 Å². The summed E-state index contributed by atoms with van der Waals surface area (Å²) in [7, 11) is 0. The molecule has 102 valence electrons. The SMILES string of the molecule is CSN1C=C1c1[nH]c2ccccc2c1-c1ccsc1C#N. The Hall–Kier alpha value is -2.16. The normalized spacial score (nSPS) is 13.3. The van der Waals surface area contributed by atoms with Gasteiger partial charge in [0.2, 0.25) is 0 Å². The average Bonchev–Trinajstić information content (AvgIpc) is 2.99. The van der Waals surface area contributed by atoms with Crippen LogP contribution in [0.15, 0.2) is 41.9 Å². The number of fused-ring (bicyclic) bond motifs is 1. The van der Waals surface area contributed by atoms with Crippen molar-refractivity contribution in [2.75, 3.05) is 6.26 Å². The number of para-hydroxylation sites is 1. The summed E-state index contributed by atoms with van der Waals surface area (Å²) in [6.07, 6.45) is 4.16. The molecule has 1 aliphatic rings. The molecule has 0 saturated heterocycles. The Morgan fingerprint density at radius 1 is 1.29 bits per heavy atom. The summed E-state index contributed by atoms with van der Waals surface area (Å²) in [6.45, 7) is 0. The van der Waals surface area contributed by atoms with Crippen molar-refractivity contribution in [1.82, 2.24) is 9.29 Å². The van der Waals surface area contributed by atoms with Crippen molar-refractivity contribution in [3.05, 3.63) is 52.5 Å². The lowest BCUT2D eigenvalue weighted by molar-refractivity contribution is 1.05. The fourth-order valence-corrected chi connectivity index (χ4v) is 3.80. The van der Waals surface area contributed by atoms with Crippen LogP contribution in [0.25, 0.3) is 27.7 Å². The highest BCUT2D eigenvalue weighted by Gasteiger charge is 2.28. The maximum Gasteiger partial charge on any atom is 0.112 e. The fourth-order valence-electron chi connectivity index (χ4n) is 2.61. The van der Waals surface area contributed by atoms with Gasteiger partial charge in [-0.15, -0.1) is 11.3 Å². The van der Waals surface area contributed by atoms with Crippen LogP contribution in [-0.4, -0.2) is 15.5 Å². The molecular weight excluding hydrogens is 298 g/mol. The molecule has 0 atom stereocenters. The van der Waals surface area contributed by atoms with Gasteiger partial charge in [0.25, 0.3) is 0 Å². The molecule has 2 aromatic heterocycles. The van der Waals surface area contributed by atoms with Gasteiger partial charge in [0, 0.05) is 34.5 Å². The first kappa shape index (κ1) is 12.6. The van der Waals surface area contributed by atoms with Crippen molar-refractivity contribution in [2.45, 2.75) is 0 Å². The van der Waals surface area contributed by atoms with Gasteiger partial charge in [-0.1, -0.05) is 18.2 Å². The first-order valence-corrected chi connectivity index (χ1v) is 8.54. The molecule has 0 amide bonds. The number of aromatic amines is 1. The largest absolute Gasteiger partial charge is 0.353 e. The van der Waals surface area contributed by atoms with Gasteiger partial charge >= 0.3 is 0 Å². The van der Waals surface area contributed by atoms with Gasteiger partial charge in [0.05, 0.1) is 11.4 Å². The highest BCUT2D eigenvalue weighted by molar-refractivity contribution is 7.97. The van der Waals surface area contributed by atoms with Crippen molar-refractivity contribution in [3.8, 4) is 17.2 Å². The molecule has 0 saturated carbocycles. The third-order valence-electron chi connectivity index (χ3n) is 3.60. The van der Waals surface area contributed by atoms with E-state index in [1.807, 2.05) is 23.6 Å². The lowest BCUT2D eigenvalue weighted by atomic mass is 10.0. The predicted molar refractivity (Wildman–Crippen MR) is 89.7 cm³/mol. The zero-order valence-corrected chi connectivity index (χ0v) is 12.9. The van der Waals surface area contributed by atoms with Crippen LogP contribution in [0.2, 0.25) is 0 Å². The second-order valence-corrected chi connectivity index (χ2v) is 6.39. The van der Waals surface area contributed by atoms with Crippen LogP contribution in [-0.2, 0) is 0 Å². The molecule has 3 nitrogen and oxygen atoms in total. The van der Waals surface area contributed by atoms with E-state index in [9.17, 15) is 5.26 Å². The van der Waals surface area contributed by atoms with Crippen LogP contribution in [0.5, 0.6) is 0 Å². The number of thiophene rings is 1. The van der Waals surface area contributed by atoms with Crippen LogP contribution in [0.4, 0.5) is 0 Å². The molecule has 1 N–H and O–H groups in total. The van der Waals surface area contributed by atoms with Crippen LogP contribution in [0.3, 0.4) is 0 Å². The molecule has 0 radical (unpaired) electrons. The Balaban J connectivity index is 2.00. The smallest absolute Gasteiger partial charge is 0.112 e. The summed E-state index contributed by atoms with van der Waals surface area (Å²) in [5.74, 6) is 0. The Kier molecular flexibility index (Phi) is 2.81. The lowest BCUT2D eigenvalue weighted by Crippen LogP contribution is -1.88. The molecule has 0 aliphatic carbocycles. The Morgan fingerprint density at radius 2 is 2.14 bits per heavy atom. The van der Waals surface area contributed by atoms with Crippen molar-refractivity contribution in [3.63, 3.8) is 0 Å². The number of hydrogen-bond donors (Lipinski definition) is 1. The summed E-state index contributed by atoms with van der Waals surface area (Å²) >= 11 is 3.17. The molecule has 3 heterocycles. The number of rotatable bonds is 3. The van der Waals surface area contributed by atoms with Crippen LogP contribution >= 0.6 is 23.3 Å². The molecule has 5 heteroatoms. The average molecular weight is 309 g/mol. The Bertz CT molecular complexity index is 911. The van der Waals surface area contributed by atoms with E-state index in [2.05, 4.69) is 39.9 Å². The number of benzene rings is 1. The maximum atomic E-state index is 9.34. The second kappa shape index (κ2) is 4.69. The van der Waals surface area contributed by atoms with Gasteiger partial charge < -0.3 is 4.98 Å². The highest BCUT2D eigenvalue weighted by Crippen LogP contribution is 2.45. The minimum atomic E-state index is 0.762. The number of aromatic nitrogens is 1. The highest BCUT2D eigenvalue weighted by atomic mass is 32.2. The summed E-state index contributed by atoms with van der Waals surface area (Å²) in [5, 5.41) is 12.5. The molecule has 0 unspecified atom stereocenters. The minimum Gasteiger partial charge on any atom is -0.353 e. The molecule has 21 heavy (non-hydrogen) atoms. The van der Waals surface area contributed by atoms with E-state index in [0.717, 1.165) is 32.6 Å². The zero-order chi connectivity index (χ0) is 14.4. The standard InChI is InChI=1S/C16H11N3S2/c1-20-19-9-13(19)16-15(11-6-7-21-14(11)8-17)10-4-2-3-5-12(10)18-16/h2-7,9,18H,1H3. The van der Waals surface area contributed by atoms with E-state index in [4.69, 9.17) is 0 Å². The van der Waals surface area contributed by atoms with Gasteiger partial charge in [-0.05, 0) is 29.5 Å². The third-order valence-corrected chi connectivity index (χ3v) is 5.12. The van der Waals surface area contributed by atoms with E-state index in [1.54, 1.807) is 11.9 Å². The van der Waals surface area contributed by atoms with E-state index >= 15 is 0 Å². The first-order valence-electron chi connectivity index (χ1n) is 6.47. The van der Waals surface area contributed by atoms with Gasteiger partial charge in [0.15, 0.2) is 0 Å². The number of nitrogens with one attached hydrogen (secondary N) is 1. The Labute approximate surface area is 130 Å². The zero-order valence-electron chi connectivity index (χ0n) is 11.3. The van der Waals surface area contributed by atoms with E-state index in [0.29, 0.717) is 0 Å². The van der Waals surface area contributed by atoms with Crippen molar-refractivity contribution < 1.29 is 0 Å². The van der Waals surface area contributed by atoms with Crippen molar-refractivity contribution in [2.24, 2.45) is 0 Å². The first-order chi connectivity index (χ1) is 10.3. The summed E-state index contributed by atoms with van der Waals surface area (Å²) < 4.78 is 2.13. The van der Waals surface area contributed by atoms with Gasteiger partial charge in [0.1, 0.15) is 10.9 Å². The topological polar surface area (TPSA) is 42.6 Å². The number of nitriles is 1. The monoisotopic (exact) mass is 309 g/mol. The van der Waals surface area contributed by atoms with Crippen LogP contribution < -0.4 is 0 Å². The Morgan fingerprint density at radius 3 is 2.90 bits per heavy atom. The summed E-state index contributed by atoms with van der Waals surface area (Å²) in [6, 6.07) is 12.6. The number of nitrogens with zero attached hydrogens (tertiary/aromatic N) is 2. The maximum absolute atomic E-state index is 9.34. The molecule has 1 aliphatic heterocycles. The van der Waals surface area contributed by atoms with Crippen molar-refractivity contribution >= 4 is 39.9 Å². The van der Waals surface area contributed by atoms with Gasteiger partial charge in [-0.25, -0.2) is 0 Å². The molecular formula is C16H11N3S2. The van der Waals surface area contributed by atoms with E-state index < -0.39 is 0 Å². The molecule has 0 bridgehead atoms. The molecule has 3 aromatic rings. The molecule has 1 aromatic carbocycles.